The number of hydrogen-bond acceptors (Lipinski definition) is 1. The van der Waals surface area contributed by atoms with Gasteiger partial charge in [-0.1, -0.05) is 78.9 Å². The Morgan fingerprint density at radius 2 is 1.45 bits per heavy atom. The molecule has 1 aliphatic rings. The predicted octanol–water partition coefficient (Wildman–Crippen LogP) is 4.51. The smallest absolute Gasteiger partial charge is 0.133 e. The van der Waals surface area contributed by atoms with E-state index in [9.17, 15) is 4.79 Å². The van der Waals surface area contributed by atoms with Crippen LogP contribution in [0.1, 0.15) is 30.7 Å². The standard InChI is InChI=1S/C20H24OSi/c1-22(2,19-11-7-4-8-12-19)20-14-17(13-18(21)15-20)16-9-5-3-6-10-16/h3-12,17,20H,13-15H2,1-2H3/t17-,20-/m0/s1. The van der Waals surface area contributed by atoms with Crippen molar-refractivity contribution in [3.05, 3.63) is 66.2 Å². The lowest BCUT2D eigenvalue weighted by molar-refractivity contribution is -0.120. The monoisotopic (exact) mass is 308 g/mol. The average molecular weight is 308 g/mol. The number of hydrogen-bond donors (Lipinski definition) is 0. The maximum atomic E-state index is 12.4. The molecule has 1 saturated carbocycles. The van der Waals surface area contributed by atoms with Crippen LogP contribution in [0.3, 0.4) is 0 Å². The highest BCUT2D eigenvalue weighted by Crippen LogP contribution is 2.42. The van der Waals surface area contributed by atoms with Gasteiger partial charge in [0, 0.05) is 12.8 Å². The first kappa shape index (κ1) is 15.2. The van der Waals surface area contributed by atoms with Crippen LogP contribution in [-0.2, 0) is 4.79 Å². The van der Waals surface area contributed by atoms with Crippen LogP contribution in [0.2, 0.25) is 18.6 Å². The van der Waals surface area contributed by atoms with E-state index in [4.69, 9.17) is 0 Å². The van der Waals surface area contributed by atoms with E-state index in [0.29, 0.717) is 17.2 Å². The molecule has 22 heavy (non-hydrogen) atoms. The molecule has 3 rings (SSSR count). The maximum absolute atomic E-state index is 12.4. The van der Waals surface area contributed by atoms with E-state index in [0.717, 1.165) is 19.3 Å². The van der Waals surface area contributed by atoms with Gasteiger partial charge in [-0.25, -0.2) is 0 Å². The molecular weight excluding hydrogens is 284 g/mol. The highest BCUT2D eigenvalue weighted by atomic mass is 28.3. The lowest BCUT2D eigenvalue weighted by Gasteiger charge is -2.38. The van der Waals surface area contributed by atoms with Crippen molar-refractivity contribution in [3.8, 4) is 0 Å². The summed E-state index contributed by atoms with van der Waals surface area (Å²) in [6.45, 7) is 4.85. The zero-order valence-corrected chi connectivity index (χ0v) is 14.5. The molecule has 114 valence electrons. The highest BCUT2D eigenvalue weighted by Gasteiger charge is 2.39. The minimum Gasteiger partial charge on any atom is -0.300 e. The number of rotatable bonds is 3. The van der Waals surface area contributed by atoms with Crippen molar-refractivity contribution in [2.45, 2.75) is 43.8 Å². The molecule has 2 atom stereocenters. The van der Waals surface area contributed by atoms with Gasteiger partial charge in [-0.3, -0.25) is 4.79 Å². The number of benzene rings is 2. The third-order valence-electron chi connectivity index (χ3n) is 5.33. The summed E-state index contributed by atoms with van der Waals surface area (Å²) in [5, 5.41) is 1.47. The molecule has 1 aliphatic carbocycles. The van der Waals surface area contributed by atoms with Gasteiger partial charge in [-0.15, -0.1) is 0 Å². The zero-order chi connectivity index (χ0) is 15.6. The van der Waals surface area contributed by atoms with Crippen LogP contribution < -0.4 is 5.19 Å². The molecule has 1 nitrogen and oxygen atoms in total. The number of Topliss-reactive ketones (excluding diaryl/α,β-unsaturated/α-hetero) is 1. The molecule has 0 N–H and O–H groups in total. The van der Waals surface area contributed by atoms with Crippen molar-refractivity contribution >= 4 is 19.0 Å². The van der Waals surface area contributed by atoms with E-state index in [1.807, 2.05) is 6.07 Å². The first-order valence-electron chi connectivity index (χ1n) is 8.19. The van der Waals surface area contributed by atoms with Gasteiger partial charge in [0.25, 0.3) is 0 Å². The molecule has 0 amide bonds. The van der Waals surface area contributed by atoms with Crippen LogP contribution in [0, 0.1) is 0 Å². The Balaban J connectivity index is 1.86. The van der Waals surface area contributed by atoms with E-state index in [1.54, 1.807) is 0 Å². The van der Waals surface area contributed by atoms with Crippen molar-refractivity contribution < 1.29 is 4.79 Å². The average Bonchev–Trinajstić information content (AvgIpc) is 2.56. The fraction of sp³-hybridized carbons (Fsp3) is 0.350. The minimum absolute atomic E-state index is 0.405. The van der Waals surface area contributed by atoms with E-state index in [2.05, 4.69) is 67.7 Å². The first-order valence-corrected chi connectivity index (χ1v) is 11.3. The summed E-state index contributed by atoms with van der Waals surface area (Å²) in [6.07, 6.45) is 2.65. The van der Waals surface area contributed by atoms with Gasteiger partial charge in [-0.2, -0.15) is 0 Å². The quantitative estimate of drug-likeness (QED) is 0.763. The summed E-state index contributed by atoms with van der Waals surface area (Å²) in [7, 11) is -1.62. The predicted molar refractivity (Wildman–Crippen MR) is 95.3 cm³/mol. The summed E-state index contributed by atoms with van der Waals surface area (Å²) in [6, 6.07) is 21.4. The topological polar surface area (TPSA) is 17.1 Å². The number of carbonyl (C=O) groups is 1. The molecular formula is C20H24OSi. The van der Waals surface area contributed by atoms with Crippen molar-refractivity contribution in [3.63, 3.8) is 0 Å². The third kappa shape index (κ3) is 3.07. The fourth-order valence-corrected chi connectivity index (χ4v) is 6.91. The van der Waals surface area contributed by atoms with Gasteiger partial charge >= 0.3 is 0 Å². The van der Waals surface area contributed by atoms with E-state index >= 15 is 0 Å². The van der Waals surface area contributed by atoms with Gasteiger partial charge in [-0.05, 0) is 23.4 Å². The molecule has 0 aliphatic heterocycles. The summed E-state index contributed by atoms with van der Waals surface area (Å²) < 4.78 is 0. The molecule has 0 spiro atoms. The molecule has 0 radical (unpaired) electrons. The normalized spacial score (nSPS) is 22.5. The summed E-state index contributed by atoms with van der Waals surface area (Å²) in [5.41, 5.74) is 1.87. The van der Waals surface area contributed by atoms with Crippen LogP contribution in [0.5, 0.6) is 0 Å². The molecule has 2 heteroatoms. The molecule has 2 aromatic carbocycles. The summed E-state index contributed by atoms with van der Waals surface area (Å²) in [5.74, 6) is 0.851. The van der Waals surface area contributed by atoms with Gasteiger partial charge in [0.15, 0.2) is 0 Å². The SMILES string of the molecule is C[Si](C)(c1ccccc1)[C@@H]1CC(=O)C[C@H](c2ccccc2)C1. The largest absolute Gasteiger partial charge is 0.300 e. The Bertz CT molecular complexity index is 633. The molecule has 0 bridgehead atoms. The number of carbonyl (C=O) groups excluding carboxylic acids is 1. The van der Waals surface area contributed by atoms with Crippen LogP contribution >= 0.6 is 0 Å². The van der Waals surface area contributed by atoms with Crippen LogP contribution in [0.25, 0.3) is 0 Å². The molecule has 0 saturated heterocycles. The van der Waals surface area contributed by atoms with Crippen molar-refractivity contribution in [1.82, 2.24) is 0 Å². The molecule has 0 unspecified atom stereocenters. The van der Waals surface area contributed by atoms with Crippen LogP contribution in [-0.4, -0.2) is 13.9 Å². The molecule has 0 heterocycles. The third-order valence-corrected chi connectivity index (χ3v) is 9.63. The van der Waals surface area contributed by atoms with Gasteiger partial charge in [0.05, 0.1) is 8.07 Å². The van der Waals surface area contributed by atoms with E-state index in [-0.39, 0.29) is 0 Å². The number of ketones is 1. The van der Waals surface area contributed by atoms with Gasteiger partial charge in [0.2, 0.25) is 0 Å². The second-order valence-corrected chi connectivity index (χ2v) is 11.9. The van der Waals surface area contributed by atoms with Crippen LogP contribution in [0.4, 0.5) is 0 Å². The Hall–Kier alpha value is -1.67. The van der Waals surface area contributed by atoms with Gasteiger partial charge in [0.1, 0.15) is 5.78 Å². The van der Waals surface area contributed by atoms with E-state index < -0.39 is 8.07 Å². The zero-order valence-electron chi connectivity index (χ0n) is 13.5. The Morgan fingerprint density at radius 3 is 2.09 bits per heavy atom. The summed E-state index contributed by atoms with van der Waals surface area (Å²) in [4.78, 5) is 12.4. The maximum Gasteiger partial charge on any atom is 0.133 e. The van der Waals surface area contributed by atoms with Crippen LogP contribution in [0.15, 0.2) is 60.7 Å². The van der Waals surface area contributed by atoms with Gasteiger partial charge < -0.3 is 0 Å². The highest BCUT2D eigenvalue weighted by molar-refractivity contribution is 6.91. The molecule has 1 fully saturated rings. The second kappa shape index (κ2) is 6.21. The van der Waals surface area contributed by atoms with Crippen molar-refractivity contribution in [2.24, 2.45) is 0 Å². The van der Waals surface area contributed by atoms with E-state index in [1.165, 1.54) is 10.8 Å². The Labute approximate surface area is 134 Å². The minimum atomic E-state index is -1.62. The Kier molecular flexibility index (Phi) is 4.30. The molecule has 0 aromatic heterocycles. The lowest BCUT2D eigenvalue weighted by Crippen LogP contribution is -2.48. The molecule has 2 aromatic rings. The Morgan fingerprint density at radius 1 is 0.864 bits per heavy atom. The fourth-order valence-electron chi connectivity index (χ4n) is 3.78. The summed E-state index contributed by atoms with van der Waals surface area (Å²) >= 11 is 0. The lowest BCUT2D eigenvalue weighted by atomic mass is 9.83. The first-order chi connectivity index (χ1) is 10.6. The van der Waals surface area contributed by atoms with Crippen molar-refractivity contribution in [1.29, 1.82) is 0 Å². The van der Waals surface area contributed by atoms with Crippen molar-refractivity contribution in [2.75, 3.05) is 0 Å². The second-order valence-electron chi connectivity index (χ2n) is 7.07.